The molecule has 1 N–H and O–H groups in total. The molecule has 0 unspecified atom stereocenters. The van der Waals surface area contributed by atoms with Gasteiger partial charge >= 0.3 is 0 Å². The van der Waals surface area contributed by atoms with Crippen LogP contribution in [-0.4, -0.2) is 81.2 Å². The molecule has 0 radical (unpaired) electrons. The highest BCUT2D eigenvalue weighted by atomic mass is 32.2. The number of piperidine rings is 1. The second kappa shape index (κ2) is 10.0. The average molecular weight is 429 g/mol. The van der Waals surface area contributed by atoms with Gasteiger partial charge in [-0.3, -0.25) is 9.69 Å². The first-order valence-corrected chi connectivity index (χ1v) is 11.8. The lowest BCUT2D eigenvalue weighted by Crippen LogP contribution is -2.40. The molecule has 9 nitrogen and oxygen atoms in total. The molecule has 0 spiro atoms. The summed E-state index contributed by atoms with van der Waals surface area (Å²) < 4.78 is 37.5. The van der Waals surface area contributed by atoms with Gasteiger partial charge in [-0.2, -0.15) is 4.31 Å². The van der Waals surface area contributed by atoms with E-state index in [9.17, 15) is 13.2 Å². The van der Waals surface area contributed by atoms with Crippen molar-refractivity contribution in [2.45, 2.75) is 44.4 Å². The molecule has 1 aromatic rings. The standard InChI is InChI=1S/C19H32N4O5S/c1-15-19(16(2)28-21-15)29(25,26)23-8-4-17(5-9-23)14-18(24)20-6-3-7-22-10-12-27-13-11-22/h17H,3-14H2,1-2H3,(H,20,24). The molecule has 0 aromatic carbocycles. The number of hydrogen-bond acceptors (Lipinski definition) is 7. The molecule has 0 bridgehead atoms. The predicted molar refractivity (Wildman–Crippen MR) is 107 cm³/mol. The van der Waals surface area contributed by atoms with Crippen molar-refractivity contribution in [3.63, 3.8) is 0 Å². The molecule has 0 saturated carbocycles. The van der Waals surface area contributed by atoms with Crippen LogP contribution in [0, 0.1) is 19.8 Å². The van der Waals surface area contributed by atoms with Gasteiger partial charge in [-0.05, 0) is 45.6 Å². The minimum absolute atomic E-state index is 0.0546. The van der Waals surface area contributed by atoms with Gasteiger partial charge in [0.2, 0.25) is 15.9 Å². The number of rotatable bonds is 8. The lowest BCUT2D eigenvalue weighted by atomic mass is 9.94. The number of aryl methyl sites for hydroxylation is 2. The molecule has 2 fully saturated rings. The Morgan fingerprint density at radius 1 is 1.17 bits per heavy atom. The van der Waals surface area contributed by atoms with Crippen LogP contribution in [0.3, 0.4) is 0 Å². The summed E-state index contributed by atoms with van der Waals surface area (Å²) in [4.78, 5) is 14.7. The molecule has 164 valence electrons. The number of amides is 1. The van der Waals surface area contributed by atoms with E-state index in [-0.39, 0.29) is 16.7 Å². The summed E-state index contributed by atoms with van der Waals surface area (Å²) in [6.45, 7) is 9.24. The lowest BCUT2D eigenvalue weighted by molar-refractivity contribution is -0.122. The molecule has 2 aliphatic heterocycles. The number of nitrogens with one attached hydrogen (secondary N) is 1. The third-order valence-corrected chi connectivity index (χ3v) is 7.83. The summed E-state index contributed by atoms with van der Waals surface area (Å²) in [5.74, 6) is 0.588. The Morgan fingerprint density at radius 2 is 1.86 bits per heavy atom. The molecule has 0 atom stereocenters. The van der Waals surface area contributed by atoms with Gasteiger partial charge in [0.25, 0.3) is 0 Å². The van der Waals surface area contributed by atoms with E-state index in [1.807, 2.05) is 0 Å². The summed E-state index contributed by atoms with van der Waals surface area (Å²) in [6, 6.07) is 0. The first-order valence-electron chi connectivity index (χ1n) is 10.4. The van der Waals surface area contributed by atoms with Crippen molar-refractivity contribution >= 4 is 15.9 Å². The fraction of sp³-hybridized carbons (Fsp3) is 0.789. The van der Waals surface area contributed by atoms with E-state index in [4.69, 9.17) is 9.26 Å². The molecule has 1 amide bonds. The highest BCUT2D eigenvalue weighted by molar-refractivity contribution is 7.89. The van der Waals surface area contributed by atoms with Crippen LogP contribution in [0.15, 0.2) is 9.42 Å². The van der Waals surface area contributed by atoms with Crippen molar-refractivity contribution in [1.82, 2.24) is 19.7 Å². The normalized spacial score (nSPS) is 20.1. The van der Waals surface area contributed by atoms with E-state index in [1.54, 1.807) is 13.8 Å². The number of morpholine rings is 1. The summed E-state index contributed by atoms with van der Waals surface area (Å²) in [5.41, 5.74) is 0.390. The van der Waals surface area contributed by atoms with E-state index >= 15 is 0 Å². The second-order valence-corrected chi connectivity index (χ2v) is 9.74. The van der Waals surface area contributed by atoms with Crippen LogP contribution >= 0.6 is 0 Å². The highest BCUT2D eigenvalue weighted by Gasteiger charge is 2.34. The van der Waals surface area contributed by atoms with Gasteiger partial charge in [0.05, 0.1) is 13.2 Å². The third kappa shape index (κ3) is 5.78. The smallest absolute Gasteiger partial charge is 0.248 e. The number of nitrogens with zero attached hydrogens (tertiary/aromatic N) is 3. The molecule has 3 rings (SSSR count). The first-order chi connectivity index (χ1) is 13.9. The molecule has 3 heterocycles. The van der Waals surface area contributed by atoms with Crippen molar-refractivity contribution in [1.29, 1.82) is 0 Å². The van der Waals surface area contributed by atoms with E-state index in [2.05, 4.69) is 15.4 Å². The van der Waals surface area contributed by atoms with Crippen LogP contribution in [0.2, 0.25) is 0 Å². The Labute approximate surface area is 172 Å². The van der Waals surface area contributed by atoms with Gasteiger partial charge in [-0.1, -0.05) is 5.16 Å². The molecule has 1 aromatic heterocycles. The maximum absolute atomic E-state index is 12.9. The Kier molecular flexibility index (Phi) is 7.66. The topological polar surface area (TPSA) is 105 Å². The summed E-state index contributed by atoms with van der Waals surface area (Å²) in [7, 11) is -3.60. The number of carbonyl (C=O) groups is 1. The third-order valence-electron chi connectivity index (χ3n) is 5.69. The van der Waals surface area contributed by atoms with E-state index < -0.39 is 10.0 Å². The molecule has 0 aliphatic carbocycles. The van der Waals surface area contributed by atoms with Crippen molar-refractivity contribution in [2.75, 3.05) is 52.5 Å². The molecular weight excluding hydrogens is 396 g/mol. The number of ether oxygens (including phenoxy) is 1. The van der Waals surface area contributed by atoms with Gasteiger partial charge in [-0.25, -0.2) is 8.42 Å². The van der Waals surface area contributed by atoms with Gasteiger partial charge in [0.1, 0.15) is 10.6 Å². The van der Waals surface area contributed by atoms with Crippen LogP contribution in [0.5, 0.6) is 0 Å². The molecule has 2 saturated heterocycles. The maximum atomic E-state index is 12.9. The Bertz CT molecular complexity index is 761. The van der Waals surface area contributed by atoms with Crippen molar-refractivity contribution < 1.29 is 22.5 Å². The van der Waals surface area contributed by atoms with E-state index in [0.717, 1.165) is 39.3 Å². The van der Waals surface area contributed by atoms with Crippen molar-refractivity contribution in [2.24, 2.45) is 5.92 Å². The van der Waals surface area contributed by atoms with Gasteiger partial charge in [0, 0.05) is 39.1 Å². The first kappa shape index (κ1) is 22.2. The van der Waals surface area contributed by atoms with Gasteiger partial charge in [-0.15, -0.1) is 0 Å². The SMILES string of the molecule is Cc1noc(C)c1S(=O)(=O)N1CCC(CC(=O)NCCCN2CCOCC2)CC1. The van der Waals surface area contributed by atoms with Crippen LogP contribution < -0.4 is 5.32 Å². The number of aromatic nitrogens is 1. The number of sulfonamides is 1. The summed E-state index contributed by atoms with van der Waals surface area (Å²) in [5, 5.41) is 6.75. The summed E-state index contributed by atoms with van der Waals surface area (Å²) >= 11 is 0. The number of carbonyl (C=O) groups excluding carboxylic acids is 1. The summed E-state index contributed by atoms with van der Waals surface area (Å²) in [6.07, 6.45) is 2.75. The Morgan fingerprint density at radius 3 is 2.48 bits per heavy atom. The maximum Gasteiger partial charge on any atom is 0.248 e. The fourth-order valence-electron chi connectivity index (χ4n) is 4.02. The van der Waals surface area contributed by atoms with E-state index in [0.29, 0.717) is 50.4 Å². The van der Waals surface area contributed by atoms with E-state index in [1.165, 1.54) is 4.31 Å². The Balaban J connectivity index is 1.37. The lowest BCUT2D eigenvalue weighted by Gasteiger charge is -2.30. The monoisotopic (exact) mass is 428 g/mol. The average Bonchev–Trinajstić information content (AvgIpc) is 3.05. The fourth-order valence-corrected chi connectivity index (χ4v) is 5.78. The number of hydrogen-bond donors (Lipinski definition) is 1. The van der Waals surface area contributed by atoms with Crippen molar-refractivity contribution in [3.8, 4) is 0 Å². The van der Waals surface area contributed by atoms with Crippen LogP contribution in [0.4, 0.5) is 0 Å². The predicted octanol–water partition coefficient (Wildman–Crippen LogP) is 0.921. The minimum atomic E-state index is -3.60. The van der Waals surface area contributed by atoms with Crippen LogP contribution in [-0.2, 0) is 19.6 Å². The van der Waals surface area contributed by atoms with Crippen LogP contribution in [0.25, 0.3) is 0 Å². The van der Waals surface area contributed by atoms with Gasteiger partial charge in [0.15, 0.2) is 5.76 Å². The van der Waals surface area contributed by atoms with Crippen molar-refractivity contribution in [3.05, 3.63) is 11.5 Å². The minimum Gasteiger partial charge on any atom is -0.379 e. The zero-order chi connectivity index (χ0) is 20.9. The zero-order valence-corrected chi connectivity index (χ0v) is 18.2. The molecular formula is C19H32N4O5S. The quantitative estimate of drug-likeness (QED) is 0.614. The largest absolute Gasteiger partial charge is 0.379 e. The Hall–Kier alpha value is -1.49. The molecule has 2 aliphatic rings. The highest BCUT2D eigenvalue weighted by Crippen LogP contribution is 2.28. The molecule has 10 heteroatoms. The second-order valence-electron chi connectivity index (χ2n) is 7.86. The zero-order valence-electron chi connectivity index (χ0n) is 17.4. The molecule has 29 heavy (non-hydrogen) atoms. The van der Waals surface area contributed by atoms with Gasteiger partial charge < -0.3 is 14.6 Å². The van der Waals surface area contributed by atoms with Crippen LogP contribution in [0.1, 0.15) is 37.1 Å².